The standard InChI is InChI=1S/C22H20N2O2/c25-22(26-16-17-10-4-1-5-11-17)24-20-15-9-3-8-14-19(20)23-21(24)18-12-6-2-7-13-18/h1-6,8,10-12,14-15H,7,9,13,16H2. The molecule has 0 atom stereocenters. The van der Waals surface area contributed by atoms with Crippen LogP contribution < -0.4 is 10.7 Å². The van der Waals surface area contributed by atoms with Crippen LogP contribution in [-0.2, 0) is 11.3 Å². The molecule has 4 heteroatoms. The van der Waals surface area contributed by atoms with Gasteiger partial charge in [0.1, 0.15) is 12.4 Å². The van der Waals surface area contributed by atoms with Crippen molar-refractivity contribution >= 4 is 23.8 Å². The van der Waals surface area contributed by atoms with Gasteiger partial charge in [0.15, 0.2) is 0 Å². The van der Waals surface area contributed by atoms with Crippen molar-refractivity contribution in [1.29, 1.82) is 0 Å². The van der Waals surface area contributed by atoms with Crippen molar-refractivity contribution in [2.45, 2.75) is 25.9 Å². The van der Waals surface area contributed by atoms with Crippen LogP contribution in [0, 0.1) is 0 Å². The molecule has 0 saturated carbocycles. The van der Waals surface area contributed by atoms with Crippen LogP contribution >= 0.6 is 0 Å². The molecular formula is C22H20N2O2. The van der Waals surface area contributed by atoms with Gasteiger partial charge < -0.3 is 4.74 Å². The van der Waals surface area contributed by atoms with Gasteiger partial charge in [-0.3, -0.25) is 0 Å². The molecule has 0 fully saturated rings. The summed E-state index contributed by atoms with van der Waals surface area (Å²) in [6, 6.07) is 9.71. The van der Waals surface area contributed by atoms with E-state index in [2.05, 4.69) is 6.08 Å². The number of allylic oxidation sites excluding steroid dienone is 6. The van der Waals surface area contributed by atoms with Gasteiger partial charge >= 0.3 is 6.09 Å². The van der Waals surface area contributed by atoms with E-state index in [-0.39, 0.29) is 12.7 Å². The first-order chi connectivity index (χ1) is 12.8. The first kappa shape index (κ1) is 16.3. The van der Waals surface area contributed by atoms with Crippen LogP contribution in [0.3, 0.4) is 0 Å². The third-order valence-corrected chi connectivity index (χ3v) is 4.47. The highest BCUT2D eigenvalue weighted by Gasteiger charge is 2.19. The van der Waals surface area contributed by atoms with Gasteiger partial charge in [0.25, 0.3) is 0 Å². The third-order valence-electron chi connectivity index (χ3n) is 4.47. The monoisotopic (exact) mass is 344 g/mol. The highest BCUT2D eigenvalue weighted by molar-refractivity contribution is 5.77. The molecule has 4 rings (SSSR count). The van der Waals surface area contributed by atoms with Crippen LogP contribution in [0.2, 0.25) is 0 Å². The topological polar surface area (TPSA) is 44.1 Å². The quantitative estimate of drug-likeness (QED) is 0.858. The SMILES string of the molecule is O=C(OCc1ccccc1)n1c(C2=CC=CCC2)nc2c1=CCC=CC=2. The maximum absolute atomic E-state index is 12.9. The Bertz CT molecular complexity index is 1020. The number of imidazole rings is 1. The molecule has 0 aliphatic heterocycles. The van der Waals surface area contributed by atoms with Crippen LogP contribution in [0.4, 0.5) is 4.79 Å². The average molecular weight is 344 g/mol. The minimum absolute atomic E-state index is 0.243. The maximum atomic E-state index is 12.9. The van der Waals surface area contributed by atoms with E-state index in [0.29, 0.717) is 5.82 Å². The summed E-state index contributed by atoms with van der Waals surface area (Å²) in [4.78, 5) is 17.7. The Labute approximate surface area is 152 Å². The van der Waals surface area contributed by atoms with E-state index in [1.165, 1.54) is 0 Å². The number of fused-ring (bicyclic) bond motifs is 1. The summed E-state index contributed by atoms with van der Waals surface area (Å²) in [7, 11) is 0. The molecule has 0 amide bonds. The maximum Gasteiger partial charge on any atom is 0.420 e. The average Bonchev–Trinajstić information content (AvgIpc) is 2.90. The zero-order chi connectivity index (χ0) is 17.8. The lowest BCUT2D eigenvalue weighted by molar-refractivity contribution is 0.140. The number of carbonyl (C=O) groups is 1. The number of benzene rings is 1. The largest absolute Gasteiger partial charge is 0.444 e. The minimum Gasteiger partial charge on any atom is -0.444 e. The Balaban J connectivity index is 1.73. The fraction of sp³-hybridized carbons (Fsp3) is 0.182. The van der Waals surface area contributed by atoms with E-state index in [1.54, 1.807) is 4.57 Å². The second kappa shape index (κ2) is 7.40. The molecule has 0 N–H and O–H groups in total. The fourth-order valence-corrected chi connectivity index (χ4v) is 3.16. The first-order valence-corrected chi connectivity index (χ1v) is 8.86. The second-order valence-corrected chi connectivity index (χ2v) is 6.27. The van der Waals surface area contributed by atoms with Gasteiger partial charge in [-0.2, -0.15) is 0 Å². The summed E-state index contributed by atoms with van der Waals surface area (Å²) in [6.07, 6.45) is 16.4. The molecular weight excluding hydrogens is 324 g/mol. The van der Waals surface area contributed by atoms with Crippen LogP contribution in [-0.4, -0.2) is 15.6 Å². The van der Waals surface area contributed by atoms with E-state index >= 15 is 0 Å². The van der Waals surface area contributed by atoms with E-state index in [9.17, 15) is 4.79 Å². The number of nitrogens with zero attached hydrogens (tertiary/aromatic N) is 2. The van der Waals surface area contributed by atoms with Gasteiger partial charge in [-0.05, 0) is 36.5 Å². The minimum atomic E-state index is -0.389. The van der Waals surface area contributed by atoms with E-state index < -0.39 is 0 Å². The lowest BCUT2D eigenvalue weighted by Crippen LogP contribution is -2.34. The normalized spacial score (nSPS) is 15.3. The number of rotatable bonds is 3. The zero-order valence-electron chi connectivity index (χ0n) is 14.5. The van der Waals surface area contributed by atoms with Crippen molar-refractivity contribution in [3.8, 4) is 0 Å². The molecule has 130 valence electrons. The summed E-state index contributed by atoms with van der Waals surface area (Å²) in [5, 5.41) is 1.61. The molecule has 0 bridgehead atoms. The molecule has 1 heterocycles. The molecule has 2 aromatic rings. The van der Waals surface area contributed by atoms with Crippen molar-refractivity contribution < 1.29 is 9.53 Å². The van der Waals surface area contributed by atoms with Crippen LogP contribution in [0.25, 0.3) is 17.7 Å². The summed E-state index contributed by atoms with van der Waals surface area (Å²) in [5.41, 5.74) is 2.02. The predicted molar refractivity (Wildman–Crippen MR) is 103 cm³/mol. The Morgan fingerprint density at radius 2 is 1.96 bits per heavy atom. The lowest BCUT2D eigenvalue weighted by atomic mass is 10.0. The van der Waals surface area contributed by atoms with Crippen LogP contribution in [0.15, 0.2) is 60.7 Å². The van der Waals surface area contributed by atoms with Gasteiger partial charge in [0, 0.05) is 0 Å². The summed E-state index contributed by atoms with van der Waals surface area (Å²) < 4.78 is 7.21. The van der Waals surface area contributed by atoms with Crippen molar-refractivity contribution in [2.75, 3.05) is 0 Å². The number of ether oxygens (including phenoxy) is 1. The number of hydrogen-bond acceptors (Lipinski definition) is 3. The van der Waals surface area contributed by atoms with Crippen LogP contribution in [0.1, 0.15) is 30.7 Å². The van der Waals surface area contributed by atoms with Crippen molar-refractivity contribution in [3.63, 3.8) is 0 Å². The molecule has 0 unspecified atom stereocenters. The Morgan fingerprint density at radius 3 is 2.77 bits per heavy atom. The first-order valence-electron chi connectivity index (χ1n) is 8.86. The molecule has 0 spiro atoms. The smallest absolute Gasteiger partial charge is 0.420 e. The van der Waals surface area contributed by atoms with Crippen molar-refractivity contribution in [2.24, 2.45) is 0 Å². The van der Waals surface area contributed by atoms with Gasteiger partial charge in [0.2, 0.25) is 0 Å². The summed E-state index contributed by atoms with van der Waals surface area (Å²) in [5.74, 6) is 0.681. The summed E-state index contributed by atoms with van der Waals surface area (Å²) >= 11 is 0. The highest BCUT2D eigenvalue weighted by atomic mass is 16.5. The Morgan fingerprint density at radius 1 is 1.12 bits per heavy atom. The molecule has 0 saturated heterocycles. The van der Waals surface area contributed by atoms with Gasteiger partial charge in [-0.15, -0.1) is 0 Å². The van der Waals surface area contributed by atoms with Gasteiger partial charge in [-0.1, -0.05) is 66.8 Å². The fourth-order valence-electron chi connectivity index (χ4n) is 3.16. The zero-order valence-corrected chi connectivity index (χ0v) is 14.5. The molecule has 0 radical (unpaired) electrons. The third kappa shape index (κ3) is 3.31. The molecule has 1 aromatic carbocycles. The molecule has 4 nitrogen and oxygen atoms in total. The number of hydrogen-bond donors (Lipinski definition) is 0. The second-order valence-electron chi connectivity index (χ2n) is 6.27. The van der Waals surface area contributed by atoms with Gasteiger partial charge in [0.05, 0.1) is 10.7 Å². The van der Waals surface area contributed by atoms with E-state index in [0.717, 1.165) is 41.1 Å². The van der Waals surface area contributed by atoms with Crippen LogP contribution in [0.5, 0.6) is 0 Å². The Hall–Kier alpha value is -3.14. The summed E-state index contributed by atoms with van der Waals surface area (Å²) in [6.45, 7) is 0.243. The van der Waals surface area contributed by atoms with Crippen molar-refractivity contribution in [1.82, 2.24) is 9.55 Å². The number of aromatic nitrogens is 2. The Kier molecular flexibility index (Phi) is 4.65. The van der Waals surface area contributed by atoms with Crippen molar-refractivity contribution in [3.05, 3.63) is 82.8 Å². The molecule has 26 heavy (non-hydrogen) atoms. The van der Waals surface area contributed by atoms with E-state index in [4.69, 9.17) is 9.72 Å². The molecule has 2 aliphatic carbocycles. The molecule has 1 aromatic heterocycles. The van der Waals surface area contributed by atoms with Gasteiger partial charge in [-0.25, -0.2) is 14.3 Å². The molecule has 2 aliphatic rings. The highest BCUT2D eigenvalue weighted by Crippen LogP contribution is 2.21. The number of carbonyl (C=O) groups excluding carboxylic acids is 1. The lowest BCUT2D eigenvalue weighted by Gasteiger charge is -2.12. The van der Waals surface area contributed by atoms with E-state index in [1.807, 2.05) is 66.8 Å². The predicted octanol–water partition coefficient (Wildman–Crippen LogP) is 3.32.